The van der Waals surface area contributed by atoms with E-state index < -0.39 is 0 Å². The van der Waals surface area contributed by atoms with Crippen LogP contribution in [0.4, 0.5) is 0 Å². The third-order valence-electron chi connectivity index (χ3n) is 6.23. The van der Waals surface area contributed by atoms with Crippen molar-refractivity contribution in [1.29, 1.82) is 0 Å². The Balaban J connectivity index is 1.43. The minimum atomic E-state index is 0.665. The maximum Gasteiger partial charge on any atom is 0.0194 e. The Morgan fingerprint density at radius 3 is 2.00 bits per heavy atom. The zero-order valence-corrected chi connectivity index (χ0v) is 14.4. The van der Waals surface area contributed by atoms with Crippen LogP contribution in [0.3, 0.4) is 0 Å². The number of hydrogen-bond donors (Lipinski definition) is 0. The summed E-state index contributed by atoms with van der Waals surface area (Å²) in [7, 11) is 4.53. The molecule has 122 valence electrons. The van der Waals surface area contributed by atoms with E-state index in [1.54, 1.807) is 0 Å². The van der Waals surface area contributed by atoms with Crippen molar-refractivity contribution in [3.8, 4) is 0 Å². The summed E-state index contributed by atoms with van der Waals surface area (Å²) in [5, 5.41) is 0. The third kappa shape index (κ3) is 3.79. The van der Waals surface area contributed by atoms with Gasteiger partial charge < -0.3 is 9.80 Å². The van der Waals surface area contributed by atoms with E-state index in [0.29, 0.717) is 5.41 Å². The van der Waals surface area contributed by atoms with Crippen molar-refractivity contribution in [2.45, 2.75) is 32.2 Å². The SMILES string of the molecule is CC(CN1CCN(C)CC1)N1CCC2(CCN(C)C2)CC1. The molecule has 0 saturated carbocycles. The number of nitrogens with zero attached hydrogens (tertiary/aromatic N) is 4. The van der Waals surface area contributed by atoms with Gasteiger partial charge in [0.2, 0.25) is 0 Å². The molecule has 3 aliphatic rings. The average Bonchev–Trinajstić information content (AvgIpc) is 2.83. The highest BCUT2D eigenvalue weighted by Crippen LogP contribution is 2.40. The molecule has 0 N–H and O–H groups in total. The van der Waals surface area contributed by atoms with E-state index in [4.69, 9.17) is 0 Å². The lowest BCUT2D eigenvalue weighted by atomic mass is 9.77. The molecule has 0 aromatic heterocycles. The van der Waals surface area contributed by atoms with Crippen molar-refractivity contribution < 1.29 is 0 Å². The first-order chi connectivity index (χ1) is 10.1. The number of piperazine rings is 1. The summed E-state index contributed by atoms with van der Waals surface area (Å²) in [6.07, 6.45) is 4.28. The summed E-state index contributed by atoms with van der Waals surface area (Å²) in [4.78, 5) is 10.4. The predicted molar refractivity (Wildman–Crippen MR) is 88.8 cm³/mol. The van der Waals surface area contributed by atoms with Crippen LogP contribution >= 0.6 is 0 Å². The summed E-state index contributed by atoms with van der Waals surface area (Å²) in [6.45, 7) is 14.0. The van der Waals surface area contributed by atoms with Crippen LogP contribution in [0.1, 0.15) is 26.2 Å². The Hall–Kier alpha value is -0.160. The van der Waals surface area contributed by atoms with E-state index in [9.17, 15) is 0 Å². The van der Waals surface area contributed by atoms with Crippen LogP contribution in [0.25, 0.3) is 0 Å². The molecule has 0 bridgehead atoms. The van der Waals surface area contributed by atoms with Crippen LogP contribution in [-0.4, -0.2) is 98.6 Å². The fourth-order valence-corrected chi connectivity index (χ4v) is 4.53. The fraction of sp³-hybridized carbons (Fsp3) is 1.00. The van der Waals surface area contributed by atoms with E-state index >= 15 is 0 Å². The van der Waals surface area contributed by atoms with Crippen molar-refractivity contribution in [3.05, 3.63) is 0 Å². The standard InChI is InChI=1S/C17H34N4/c1-16(14-20-12-10-18(2)11-13-20)21-8-5-17(6-9-21)4-7-19(3)15-17/h16H,4-15H2,1-3H3. The average molecular weight is 294 g/mol. The lowest BCUT2D eigenvalue weighted by Gasteiger charge is -2.43. The van der Waals surface area contributed by atoms with Gasteiger partial charge in [-0.15, -0.1) is 0 Å². The molecule has 1 unspecified atom stereocenters. The molecule has 0 aromatic rings. The Morgan fingerprint density at radius 2 is 1.43 bits per heavy atom. The lowest BCUT2D eigenvalue weighted by molar-refractivity contribution is 0.0567. The van der Waals surface area contributed by atoms with Gasteiger partial charge in [0.1, 0.15) is 0 Å². The third-order valence-corrected chi connectivity index (χ3v) is 6.23. The van der Waals surface area contributed by atoms with Crippen LogP contribution in [-0.2, 0) is 0 Å². The quantitative estimate of drug-likeness (QED) is 0.771. The van der Waals surface area contributed by atoms with Crippen molar-refractivity contribution in [1.82, 2.24) is 19.6 Å². The molecule has 0 aliphatic carbocycles. The molecule has 4 heteroatoms. The smallest absolute Gasteiger partial charge is 0.0194 e. The molecule has 0 aromatic carbocycles. The highest BCUT2D eigenvalue weighted by molar-refractivity contribution is 4.94. The molecule has 3 saturated heterocycles. The van der Waals surface area contributed by atoms with Crippen molar-refractivity contribution in [3.63, 3.8) is 0 Å². The van der Waals surface area contributed by atoms with Crippen LogP contribution in [0.2, 0.25) is 0 Å². The van der Waals surface area contributed by atoms with Crippen LogP contribution in [0, 0.1) is 5.41 Å². The summed E-state index contributed by atoms with van der Waals surface area (Å²) in [5.74, 6) is 0. The lowest BCUT2D eigenvalue weighted by Crippen LogP contribution is -2.52. The molecule has 4 nitrogen and oxygen atoms in total. The second-order valence-corrected chi connectivity index (χ2v) is 7.98. The van der Waals surface area contributed by atoms with Crippen molar-refractivity contribution >= 4 is 0 Å². The minimum Gasteiger partial charge on any atom is -0.306 e. The summed E-state index contributed by atoms with van der Waals surface area (Å²) in [6, 6.07) is 0.727. The van der Waals surface area contributed by atoms with Gasteiger partial charge in [-0.25, -0.2) is 0 Å². The molecule has 1 atom stereocenters. The highest BCUT2D eigenvalue weighted by Gasteiger charge is 2.40. The molecular weight excluding hydrogens is 260 g/mol. The van der Waals surface area contributed by atoms with Gasteiger partial charge in [-0.2, -0.15) is 0 Å². The number of likely N-dealkylation sites (tertiary alicyclic amines) is 2. The molecule has 1 spiro atoms. The molecule has 3 fully saturated rings. The van der Waals surface area contributed by atoms with Gasteiger partial charge in [0.25, 0.3) is 0 Å². The molecule has 21 heavy (non-hydrogen) atoms. The van der Waals surface area contributed by atoms with Gasteiger partial charge in [-0.3, -0.25) is 9.80 Å². The molecule has 0 radical (unpaired) electrons. The van der Waals surface area contributed by atoms with E-state index in [1.165, 1.54) is 78.2 Å². The fourth-order valence-electron chi connectivity index (χ4n) is 4.53. The van der Waals surface area contributed by atoms with Crippen LogP contribution in [0.5, 0.6) is 0 Å². The molecule has 3 aliphatic heterocycles. The van der Waals surface area contributed by atoms with Gasteiger partial charge in [-0.1, -0.05) is 0 Å². The Kier molecular flexibility index (Phi) is 4.89. The van der Waals surface area contributed by atoms with Crippen molar-refractivity contribution in [2.24, 2.45) is 5.41 Å². The predicted octanol–water partition coefficient (Wildman–Crippen LogP) is 1.04. The number of likely N-dealkylation sites (N-methyl/N-ethyl adjacent to an activating group) is 1. The monoisotopic (exact) mass is 294 g/mol. The summed E-state index contributed by atoms with van der Waals surface area (Å²) >= 11 is 0. The van der Waals surface area contributed by atoms with E-state index in [2.05, 4.69) is 40.6 Å². The van der Waals surface area contributed by atoms with E-state index in [-0.39, 0.29) is 0 Å². The summed E-state index contributed by atoms with van der Waals surface area (Å²) < 4.78 is 0. The summed E-state index contributed by atoms with van der Waals surface area (Å²) in [5.41, 5.74) is 0.665. The van der Waals surface area contributed by atoms with E-state index in [1.807, 2.05) is 0 Å². The minimum absolute atomic E-state index is 0.665. The van der Waals surface area contributed by atoms with Gasteiger partial charge in [-0.05, 0) is 65.3 Å². The first-order valence-corrected chi connectivity index (χ1v) is 8.90. The molecule has 3 heterocycles. The van der Waals surface area contributed by atoms with E-state index in [0.717, 1.165) is 6.04 Å². The first-order valence-electron chi connectivity index (χ1n) is 8.90. The van der Waals surface area contributed by atoms with Crippen LogP contribution < -0.4 is 0 Å². The maximum atomic E-state index is 2.75. The molecular formula is C17H34N4. The zero-order valence-electron chi connectivity index (χ0n) is 14.4. The Bertz CT molecular complexity index is 330. The topological polar surface area (TPSA) is 13.0 Å². The van der Waals surface area contributed by atoms with Gasteiger partial charge >= 0.3 is 0 Å². The van der Waals surface area contributed by atoms with Gasteiger partial charge in [0.05, 0.1) is 0 Å². The second kappa shape index (κ2) is 6.53. The Morgan fingerprint density at radius 1 is 0.810 bits per heavy atom. The van der Waals surface area contributed by atoms with Gasteiger partial charge in [0, 0.05) is 45.3 Å². The molecule has 0 amide bonds. The largest absolute Gasteiger partial charge is 0.306 e. The number of piperidine rings is 1. The number of hydrogen-bond acceptors (Lipinski definition) is 4. The Labute approximate surface area is 131 Å². The normalized spacial score (nSPS) is 31.0. The van der Waals surface area contributed by atoms with Crippen LogP contribution in [0.15, 0.2) is 0 Å². The maximum absolute atomic E-state index is 2.75. The second-order valence-electron chi connectivity index (χ2n) is 7.98. The zero-order chi connectivity index (χ0) is 14.9. The highest BCUT2D eigenvalue weighted by atomic mass is 15.3. The first kappa shape index (κ1) is 15.7. The number of rotatable bonds is 3. The van der Waals surface area contributed by atoms with Gasteiger partial charge in [0.15, 0.2) is 0 Å². The van der Waals surface area contributed by atoms with Crippen molar-refractivity contribution in [2.75, 3.05) is 73.0 Å². The molecule has 3 rings (SSSR count).